The number of amides is 1. The van der Waals surface area contributed by atoms with Gasteiger partial charge >= 0.3 is 0 Å². The van der Waals surface area contributed by atoms with E-state index in [-0.39, 0.29) is 17.5 Å². The lowest BCUT2D eigenvalue weighted by Gasteiger charge is -2.36. The Labute approximate surface area is 149 Å². The molecule has 0 spiro atoms. The molecule has 1 aliphatic rings. The van der Waals surface area contributed by atoms with Gasteiger partial charge in [0.2, 0.25) is 0 Å². The molecule has 0 fully saturated rings. The molecule has 130 valence electrons. The van der Waals surface area contributed by atoms with Crippen molar-refractivity contribution in [2.45, 2.75) is 32.9 Å². The molecule has 0 aliphatic carbocycles. The highest BCUT2D eigenvalue weighted by atomic mass is 32.1. The van der Waals surface area contributed by atoms with Crippen LogP contribution < -0.4 is 5.56 Å². The molecule has 7 heteroatoms. The van der Waals surface area contributed by atoms with Crippen LogP contribution in [0.5, 0.6) is 0 Å². The van der Waals surface area contributed by atoms with Gasteiger partial charge < -0.3 is 14.0 Å². The van der Waals surface area contributed by atoms with E-state index in [1.807, 2.05) is 17.9 Å². The number of hydrogen-bond acceptors (Lipinski definition) is 4. The summed E-state index contributed by atoms with van der Waals surface area (Å²) in [6, 6.07) is 4.18. The molecular weight excluding hydrogens is 336 g/mol. The molecule has 3 aromatic heterocycles. The fourth-order valence-corrected chi connectivity index (χ4v) is 4.78. The lowest BCUT2D eigenvalue weighted by molar-refractivity contribution is 0.0622. The van der Waals surface area contributed by atoms with Crippen LogP contribution in [0.15, 0.2) is 29.5 Å². The van der Waals surface area contributed by atoms with E-state index in [4.69, 9.17) is 0 Å². The monoisotopic (exact) mass is 356 g/mol. The molecule has 1 aliphatic heterocycles. The molecule has 0 aromatic carbocycles. The van der Waals surface area contributed by atoms with E-state index < -0.39 is 0 Å². The molecule has 0 N–H and O–H groups in total. The van der Waals surface area contributed by atoms with Crippen LogP contribution in [-0.2, 0) is 13.6 Å². The average Bonchev–Trinajstić information content (AvgIpc) is 3.21. The highest BCUT2D eigenvalue weighted by Crippen LogP contribution is 2.34. The van der Waals surface area contributed by atoms with Gasteiger partial charge in [0.05, 0.1) is 22.6 Å². The Kier molecular flexibility index (Phi) is 3.76. The van der Waals surface area contributed by atoms with Gasteiger partial charge in [-0.25, -0.2) is 4.98 Å². The van der Waals surface area contributed by atoms with Crippen LogP contribution in [0.3, 0.4) is 0 Å². The number of rotatable bonds is 2. The quantitative estimate of drug-likeness (QED) is 0.709. The van der Waals surface area contributed by atoms with Gasteiger partial charge in [-0.15, -0.1) is 11.3 Å². The third-order valence-electron chi connectivity index (χ3n) is 5.02. The molecule has 25 heavy (non-hydrogen) atoms. The highest BCUT2D eigenvalue weighted by molar-refractivity contribution is 7.20. The number of carbonyl (C=O) groups excluding carboxylic acids is 1. The highest BCUT2D eigenvalue weighted by Gasteiger charge is 2.32. The number of hydrogen-bond donors (Lipinski definition) is 0. The SMILES string of the molecule is CCC1c2cccn2CCN1C(=O)c1sc2ncn(C)c(=O)c2c1C. The topological polar surface area (TPSA) is 60.1 Å². The zero-order valence-corrected chi connectivity index (χ0v) is 15.3. The zero-order chi connectivity index (χ0) is 17.7. The van der Waals surface area contributed by atoms with Crippen molar-refractivity contribution in [2.75, 3.05) is 6.54 Å². The lowest BCUT2D eigenvalue weighted by atomic mass is 10.1. The van der Waals surface area contributed by atoms with Crippen LogP contribution in [0.4, 0.5) is 0 Å². The van der Waals surface area contributed by atoms with Gasteiger partial charge in [-0.05, 0) is 31.0 Å². The third-order valence-corrected chi connectivity index (χ3v) is 6.20. The summed E-state index contributed by atoms with van der Waals surface area (Å²) in [4.78, 5) is 33.2. The van der Waals surface area contributed by atoms with E-state index >= 15 is 0 Å². The Bertz CT molecular complexity index is 1030. The van der Waals surface area contributed by atoms with Crippen LogP contribution in [0, 0.1) is 6.92 Å². The van der Waals surface area contributed by atoms with E-state index in [0.29, 0.717) is 21.6 Å². The van der Waals surface area contributed by atoms with Crippen molar-refractivity contribution < 1.29 is 4.79 Å². The Morgan fingerprint density at radius 3 is 2.96 bits per heavy atom. The van der Waals surface area contributed by atoms with E-state index in [9.17, 15) is 9.59 Å². The van der Waals surface area contributed by atoms with Crippen LogP contribution in [0.1, 0.15) is 40.3 Å². The molecule has 1 atom stereocenters. The summed E-state index contributed by atoms with van der Waals surface area (Å²) in [7, 11) is 1.68. The largest absolute Gasteiger partial charge is 0.348 e. The van der Waals surface area contributed by atoms with Gasteiger partial charge in [-0.2, -0.15) is 0 Å². The predicted octanol–water partition coefficient (Wildman–Crippen LogP) is 2.71. The van der Waals surface area contributed by atoms with E-state index in [2.05, 4.69) is 28.7 Å². The summed E-state index contributed by atoms with van der Waals surface area (Å²) in [5.74, 6) is 0.00172. The van der Waals surface area contributed by atoms with Crippen LogP contribution in [-0.4, -0.2) is 31.5 Å². The minimum Gasteiger partial charge on any atom is -0.348 e. The number of aryl methyl sites for hydroxylation is 2. The predicted molar refractivity (Wildman–Crippen MR) is 98.1 cm³/mol. The first-order valence-corrected chi connectivity index (χ1v) is 9.25. The Morgan fingerprint density at radius 1 is 1.40 bits per heavy atom. The summed E-state index contributed by atoms with van der Waals surface area (Å²) < 4.78 is 3.67. The van der Waals surface area contributed by atoms with Gasteiger partial charge in [0.15, 0.2) is 0 Å². The van der Waals surface area contributed by atoms with Crippen molar-refractivity contribution in [3.05, 3.63) is 51.1 Å². The molecule has 0 saturated carbocycles. The maximum atomic E-state index is 13.3. The molecule has 3 aromatic rings. The van der Waals surface area contributed by atoms with Gasteiger partial charge in [0.25, 0.3) is 11.5 Å². The van der Waals surface area contributed by atoms with Crippen LogP contribution in [0.2, 0.25) is 0 Å². The summed E-state index contributed by atoms with van der Waals surface area (Å²) in [6.45, 7) is 5.43. The number of fused-ring (bicyclic) bond motifs is 2. The van der Waals surface area contributed by atoms with Crippen molar-refractivity contribution in [3.63, 3.8) is 0 Å². The second kappa shape index (κ2) is 5.84. The van der Waals surface area contributed by atoms with Gasteiger partial charge in [0.1, 0.15) is 4.83 Å². The number of carbonyl (C=O) groups is 1. The zero-order valence-electron chi connectivity index (χ0n) is 14.5. The van der Waals surface area contributed by atoms with Crippen molar-refractivity contribution in [3.8, 4) is 0 Å². The molecule has 0 saturated heterocycles. The van der Waals surface area contributed by atoms with E-state index in [1.54, 1.807) is 7.05 Å². The molecule has 1 unspecified atom stereocenters. The van der Waals surface area contributed by atoms with Crippen molar-refractivity contribution in [1.82, 2.24) is 19.0 Å². The van der Waals surface area contributed by atoms with Crippen molar-refractivity contribution in [2.24, 2.45) is 7.05 Å². The maximum absolute atomic E-state index is 13.3. The van der Waals surface area contributed by atoms with Gasteiger partial charge in [-0.3, -0.25) is 9.59 Å². The number of nitrogens with zero attached hydrogens (tertiary/aromatic N) is 4. The molecule has 4 heterocycles. The molecule has 0 bridgehead atoms. The molecular formula is C18H20N4O2S. The smallest absolute Gasteiger partial charge is 0.264 e. The lowest BCUT2D eigenvalue weighted by Crippen LogP contribution is -2.41. The summed E-state index contributed by atoms with van der Waals surface area (Å²) in [5, 5.41) is 0.562. The Balaban J connectivity index is 1.79. The van der Waals surface area contributed by atoms with Crippen molar-refractivity contribution >= 4 is 27.5 Å². The Morgan fingerprint density at radius 2 is 2.20 bits per heavy atom. The van der Waals surface area contributed by atoms with Gasteiger partial charge in [0, 0.05) is 32.0 Å². The summed E-state index contributed by atoms with van der Waals surface area (Å²) >= 11 is 1.32. The standard InChI is InChI=1S/C18H20N4O2S/c1-4-12-13-6-5-7-21(13)8-9-22(12)18(24)15-11(2)14-16(25-15)19-10-20(3)17(14)23/h5-7,10,12H,4,8-9H2,1-3H3. The van der Waals surface area contributed by atoms with E-state index in [0.717, 1.165) is 18.5 Å². The van der Waals surface area contributed by atoms with E-state index in [1.165, 1.54) is 27.9 Å². The first kappa shape index (κ1) is 16.1. The third kappa shape index (κ3) is 2.33. The first-order chi connectivity index (χ1) is 12.0. The van der Waals surface area contributed by atoms with Gasteiger partial charge in [-0.1, -0.05) is 6.92 Å². The average molecular weight is 356 g/mol. The second-order valence-electron chi connectivity index (χ2n) is 6.45. The molecule has 6 nitrogen and oxygen atoms in total. The fourth-order valence-electron chi connectivity index (χ4n) is 3.68. The first-order valence-electron chi connectivity index (χ1n) is 8.43. The molecule has 4 rings (SSSR count). The van der Waals surface area contributed by atoms with Crippen molar-refractivity contribution in [1.29, 1.82) is 0 Å². The maximum Gasteiger partial charge on any atom is 0.264 e. The molecule has 1 amide bonds. The summed E-state index contributed by atoms with van der Waals surface area (Å²) in [5.41, 5.74) is 1.82. The van der Waals surface area contributed by atoms with Crippen LogP contribution >= 0.6 is 11.3 Å². The minimum absolute atomic E-state index is 0.00172. The fraction of sp³-hybridized carbons (Fsp3) is 0.389. The summed E-state index contributed by atoms with van der Waals surface area (Å²) in [6.07, 6.45) is 4.44. The van der Waals surface area contributed by atoms with Crippen LogP contribution in [0.25, 0.3) is 10.2 Å². The number of thiophene rings is 1. The minimum atomic E-state index is -0.0997. The number of aromatic nitrogens is 3. The normalized spacial score (nSPS) is 17.1. The Hall–Kier alpha value is -2.41. The second-order valence-corrected chi connectivity index (χ2v) is 7.45. The molecule has 0 radical (unpaired) electrons.